The first-order valence-electron chi connectivity index (χ1n) is 5.39. The van der Waals surface area contributed by atoms with Gasteiger partial charge in [0.1, 0.15) is 0 Å². The van der Waals surface area contributed by atoms with Crippen molar-refractivity contribution in [1.82, 2.24) is 10.3 Å². The summed E-state index contributed by atoms with van der Waals surface area (Å²) in [6.07, 6.45) is 1.35. The molecule has 0 saturated heterocycles. The molecular weight excluding hydrogens is 284 g/mol. The van der Waals surface area contributed by atoms with E-state index in [0.717, 1.165) is 10.2 Å². The van der Waals surface area contributed by atoms with Crippen molar-refractivity contribution in [3.63, 3.8) is 0 Å². The number of rotatable bonds is 3. The number of nitrogens with one attached hydrogen (secondary N) is 1. The van der Waals surface area contributed by atoms with Gasteiger partial charge in [-0.1, -0.05) is 20.8 Å². The molecule has 1 amide bonds. The van der Waals surface area contributed by atoms with Crippen LogP contribution in [0.2, 0.25) is 0 Å². The number of amides is 1. The van der Waals surface area contributed by atoms with Gasteiger partial charge in [-0.25, -0.2) is 4.79 Å². The van der Waals surface area contributed by atoms with Gasteiger partial charge >= 0.3 is 6.09 Å². The molecule has 0 aromatic carbocycles. The largest absolute Gasteiger partial charge is 0.465 e. The van der Waals surface area contributed by atoms with E-state index < -0.39 is 6.09 Å². The zero-order chi connectivity index (χ0) is 13.1. The zero-order valence-electron chi connectivity index (χ0n) is 10.2. The SMILES string of the molecule is CC(C)(C)CC(NC(=O)O)c1ccc(Br)cn1. The third-order valence-corrected chi connectivity index (χ3v) is 2.69. The Bertz CT molecular complexity index is 384. The van der Waals surface area contributed by atoms with Crippen LogP contribution in [0.5, 0.6) is 0 Å². The first kappa shape index (κ1) is 14.0. The van der Waals surface area contributed by atoms with Gasteiger partial charge in [0, 0.05) is 10.7 Å². The number of pyridine rings is 1. The van der Waals surface area contributed by atoms with Gasteiger partial charge in [0.05, 0.1) is 11.7 Å². The molecule has 1 unspecified atom stereocenters. The molecule has 0 aliphatic carbocycles. The molecule has 0 spiro atoms. The molecule has 0 saturated carbocycles. The van der Waals surface area contributed by atoms with Crippen molar-refractivity contribution in [3.8, 4) is 0 Å². The molecule has 94 valence electrons. The fraction of sp³-hybridized carbons (Fsp3) is 0.500. The third-order valence-electron chi connectivity index (χ3n) is 2.22. The highest BCUT2D eigenvalue weighted by atomic mass is 79.9. The number of halogens is 1. The van der Waals surface area contributed by atoms with Crippen LogP contribution in [0.15, 0.2) is 22.8 Å². The molecular formula is C12H17BrN2O2. The summed E-state index contributed by atoms with van der Waals surface area (Å²) < 4.78 is 0.881. The second kappa shape index (κ2) is 5.49. The Balaban J connectivity index is 2.89. The average Bonchev–Trinajstić information content (AvgIpc) is 2.14. The molecule has 0 aliphatic rings. The van der Waals surface area contributed by atoms with Gasteiger partial charge in [-0.15, -0.1) is 0 Å². The topological polar surface area (TPSA) is 62.2 Å². The van der Waals surface area contributed by atoms with Crippen LogP contribution in [-0.4, -0.2) is 16.2 Å². The minimum atomic E-state index is -1.02. The number of hydrogen-bond donors (Lipinski definition) is 2. The summed E-state index contributed by atoms with van der Waals surface area (Å²) in [5.74, 6) is 0. The first-order chi connectivity index (χ1) is 7.78. The fourth-order valence-corrected chi connectivity index (χ4v) is 1.82. The van der Waals surface area contributed by atoms with Gasteiger partial charge in [-0.2, -0.15) is 0 Å². The summed E-state index contributed by atoms with van der Waals surface area (Å²) in [6, 6.07) is 3.42. The lowest BCUT2D eigenvalue weighted by Gasteiger charge is -2.25. The maximum Gasteiger partial charge on any atom is 0.405 e. The second-order valence-electron chi connectivity index (χ2n) is 5.17. The molecule has 1 aromatic rings. The highest BCUT2D eigenvalue weighted by Gasteiger charge is 2.22. The second-order valence-corrected chi connectivity index (χ2v) is 6.08. The van der Waals surface area contributed by atoms with Gasteiger partial charge in [-0.3, -0.25) is 4.98 Å². The molecule has 1 atom stereocenters. The number of carboxylic acid groups (broad SMARTS) is 1. The van der Waals surface area contributed by atoms with Crippen LogP contribution >= 0.6 is 15.9 Å². The van der Waals surface area contributed by atoms with Gasteiger partial charge < -0.3 is 10.4 Å². The minimum absolute atomic E-state index is 0.0296. The molecule has 0 radical (unpaired) electrons. The zero-order valence-corrected chi connectivity index (χ0v) is 11.8. The molecule has 0 bridgehead atoms. The van der Waals surface area contributed by atoms with Crippen LogP contribution in [0.25, 0.3) is 0 Å². The van der Waals surface area contributed by atoms with E-state index in [1.165, 1.54) is 0 Å². The Kier molecular flexibility index (Phi) is 4.51. The van der Waals surface area contributed by atoms with Crippen molar-refractivity contribution in [2.24, 2.45) is 5.41 Å². The molecule has 4 nitrogen and oxygen atoms in total. The lowest BCUT2D eigenvalue weighted by Crippen LogP contribution is -2.30. The summed E-state index contributed by atoms with van der Waals surface area (Å²) in [5, 5.41) is 11.4. The van der Waals surface area contributed by atoms with Crippen LogP contribution in [0, 0.1) is 5.41 Å². The van der Waals surface area contributed by atoms with E-state index in [1.807, 2.05) is 12.1 Å². The van der Waals surface area contributed by atoms with Crippen molar-refractivity contribution < 1.29 is 9.90 Å². The van der Waals surface area contributed by atoms with E-state index in [9.17, 15) is 4.79 Å². The number of carbonyl (C=O) groups is 1. The van der Waals surface area contributed by atoms with Crippen molar-refractivity contribution >= 4 is 22.0 Å². The third kappa shape index (κ3) is 5.17. The van der Waals surface area contributed by atoms with Crippen LogP contribution in [0.1, 0.15) is 38.9 Å². The normalized spacial score (nSPS) is 13.2. The highest BCUT2D eigenvalue weighted by Crippen LogP contribution is 2.28. The monoisotopic (exact) mass is 300 g/mol. The predicted octanol–water partition coefficient (Wildman–Crippen LogP) is 3.59. The van der Waals surface area contributed by atoms with Crippen molar-refractivity contribution in [3.05, 3.63) is 28.5 Å². The molecule has 1 aromatic heterocycles. The van der Waals surface area contributed by atoms with Gasteiger partial charge in [0.15, 0.2) is 0 Å². The van der Waals surface area contributed by atoms with E-state index in [0.29, 0.717) is 6.42 Å². The van der Waals surface area contributed by atoms with Crippen LogP contribution in [-0.2, 0) is 0 Å². The van der Waals surface area contributed by atoms with E-state index in [4.69, 9.17) is 5.11 Å². The summed E-state index contributed by atoms with van der Waals surface area (Å²) in [4.78, 5) is 15.0. The summed E-state index contributed by atoms with van der Waals surface area (Å²) in [7, 11) is 0. The van der Waals surface area contributed by atoms with Crippen LogP contribution in [0.4, 0.5) is 4.79 Å². The number of aromatic nitrogens is 1. The van der Waals surface area contributed by atoms with E-state index >= 15 is 0 Å². The van der Waals surface area contributed by atoms with E-state index in [2.05, 4.69) is 47.0 Å². The molecule has 1 heterocycles. The molecule has 0 aliphatic heterocycles. The smallest absolute Gasteiger partial charge is 0.405 e. The van der Waals surface area contributed by atoms with Crippen molar-refractivity contribution in [2.75, 3.05) is 0 Å². The maximum absolute atomic E-state index is 10.8. The number of hydrogen-bond acceptors (Lipinski definition) is 2. The Morgan fingerprint density at radius 3 is 2.59 bits per heavy atom. The average molecular weight is 301 g/mol. The Labute approximate surface area is 110 Å². The van der Waals surface area contributed by atoms with Gasteiger partial charge in [0.2, 0.25) is 0 Å². The molecule has 2 N–H and O–H groups in total. The lowest BCUT2D eigenvalue weighted by atomic mass is 9.87. The van der Waals surface area contributed by atoms with Crippen molar-refractivity contribution in [1.29, 1.82) is 0 Å². The van der Waals surface area contributed by atoms with Crippen molar-refractivity contribution in [2.45, 2.75) is 33.2 Å². The highest BCUT2D eigenvalue weighted by molar-refractivity contribution is 9.10. The Hall–Kier alpha value is -1.10. The van der Waals surface area contributed by atoms with Gasteiger partial charge in [-0.05, 0) is 39.9 Å². The first-order valence-corrected chi connectivity index (χ1v) is 6.18. The van der Waals surface area contributed by atoms with E-state index in [1.54, 1.807) is 6.20 Å². The number of nitrogens with zero attached hydrogens (tertiary/aromatic N) is 1. The lowest BCUT2D eigenvalue weighted by molar-refractivity contribution is 0.184. The van der Waals surface area contributed by atoms with Crippen LogP contribution < -0.4 is 5.32 Å². The molecule has 0 fully saturated rings. The van der Waals surface area contributed by atoms with E-state index in [-0.39, 0.29) is 11.5 Å². The molecule has 1 rings (SSSR count). The molecule has 17 heavy (non-hydrogen) atoms. The molecule has 5 heteroatoms. The summed E-state index contributed by atoms with van der Waals surface area (Å²) >= 11 is 3.31. The van der Waals surface area contributed by atoms with Crippen LogP contribution in [0.3, 0.4) is 0 Å². The van der Waals surface area contributed by atoms with Gasteiger partial charge in [0.25, 0.3) is 0 Å². The standard InChI is InChI=1S/C12H17BrN2O2/c1-12(2,3)6-10(15-11(16)17)9-5-4-8(13)7-14-9/h4-5,7,10,15H,6H2,1-3H3,(H,16,17). The Morgan fingerprint density at radius 2 is 2.18 bits per heavy atom. The summed E-state index contributed by atoms with van der Waals surface area (Å²) in [6.45, 7) is 6.22. The summed E-state index contributed by atoms with van der Waals surface area (Å²) in [5.41, 5.74) is 0.771. The Morgan fingerprint density at radius 1 is 1.53 bits per heavy atom. The quantitative estimate of drug-likeness (QED) is 0.897. The minimum Gasteiger partial charge on any atom is -0.465 e. The fourth-order valence-electron chi connectivity index (χ4n) is 1.58. The predicted molar refractivity (Wildman–Crippen MR) is 69.9 cm³/mol. The maximum atomic E-state index is 10.8.